The molecule has 0 bridgehead atoms. The topological polar surface area (TPSA) is 67.3 Å². The van der Waals surface area contributed by atoms with E-state index in [4.69, 9.17) is 9.72 Å². The van der Waals surface area contributed by atoms with Crippen molar-refractivity contribution in [2.24, 2.45) is 0 Å². The van der Waals surface area contributed by atoms with E-state index >= 15 is 0 Å². The van der Waals surface area contributed by atoms with Gasteiger partial charge in [-0.3, -0.25) is 9.78 Å². The Morgan fingerprint density at radius 2 is 2.03 bits per heavy atom. The highest BCUT2D eigenvalue weighted by molar-refractivity contribution is 6.05. The molecule has 1 aliphatic heterocycles. The molecule has 0 spiro atoms. The van der Waals surface area contributed by atoms with E-state index in [0.29, 0.717) is 18.0 Å². The summed E-state index contributed by atoms with van der Waals surface area (Å²) in [6.07, 6.45) is 3.27. The largest absolute Gasteiger partial charge is 0.490 e. The van der Waals surface area contributed by atoms with E-state index in [2.05, 4.69) is 34.4 Å². The molecule has 0 atom stereocenters. The predicted octanol–water partition coefficient (Wildman–Crippen LogP) is 4.38. The van der Waals surface area contributed by atoms with Crippen LogP contribution in [0, 0.1) is 0 Å². The van der Waals surface area contributed by atoms with Crippen LogP contribution in [0.5, 0.6) is 5.75 Å². The number of hydrogen-bond acceptors (Lipinski definition) is 5. The minimum Gasteiger partial charge on any atom is -0.490 e. The molecule has 0 saturated heterocycles. The molecule has 6 heteroatoms. The summed E-state index contributed by atoms with van der Waals surface area (Å²) in [5.74, 6) is 0.596. The number of likely N-dealkylation sites (N-methyl/N-ethyl adjacent to an activating group) is 1. The number of nitrogens with one attached hydrogen (secondary N) is 1. The van der Waals surface area contributed by atoms with Crippen LogP contribution in [-0.2, 0) is 0 Å². The number of benzene rings is 2. The summed E-state index contributed by atoms with van der Waals surface area (Å²) < 4.78 is 5.86. The Bertz CT molecular complexity index is 1240. The van der Waals surface area contributed by atoms with Gasteiger partial charge < -0.3 is 15.0 Å². The minimum absolute atomic E-state index is 0.268. The molecule has 2 aromatic carbocycles. The third-order valence-electron chi connectivity index (χ3n) is 5.24. The number of para-hydroxylation sites is 1. The zero-order valence-corrected chi connectivity index (χ0v) is 16.5. The zero-order valence-electron chi connectivity index (χ0n) is 16.5. The maximum atomic E-state index is 12.7. The molecule has 0 radical (unpaired) electrons. The summed E-state index contributed by atoms with van der Waals surface area (Å²) >= 11 is 0. The van der Waals surface area contributed by atoms with E-state index in [9.17, 15) is 4.79 Å². The van der Waals surface area contributed by atoms with Crippen LogP contribution < -0.4 is 15.0 Å². The molecule has 30 heavy (non-hydrogen) atoms. The monoisotopic (exact) mass is 396 g/mol. The van der Waals surface area contributed by atoms with Gasteiger partial charge in [-0.15, -0.1) is 0 Å². The number of hydrogen-bond donors (Lipinski definition) is 1. The Labute approximate surface area is 174 Å². The number of ether oxygens (including phenoxy) is 1. The molecule has 1 amide bonds. The number of amides is 1. The summed E-state index contributed by atoms with van der Waals surface area (Å²) in [6.45, 7) is 1.54. The maximum absolute atomic E-state index is 12.7. The fraction of sp³-hybridized carbons (Fsp3) is 0.125. The first-order valence-electron chi connectivity index (χ1n) is 9.78. The molecular weight excluding hydrogens is 376 g/mol. The van der Waals surface area contributed by atoms with Crippen molar-refractivity contribution in [2.45, 2.75) is 0 Å². The molecule has 148 valence electrons. The number of nitrogens with zero attached hydrogens (tertiary/aromatic N) is 3. The van der Waals surface area contributed by atoms with Crippen LogP contribution in [0.25, 0.3) is 22.0 Å². The summed E-state index contributed by atoms with van der Waals surface area (Å²) in [6, 6.07) is 19.4. The zero-order chi connectivity index (χ0) is 20.5. The van der Waals surface area contributed by atoms with Gasteiger partial charge in [0.1, 0.15) is 18.1 Å². The van der Waals surface area contributed by atoms with Gasteiger partial charge in [0.2, 0.25) is 0 Å². The van der Waals surface area contributed by atoms with Crippen molar-refractivity contribution in [3.63, 3.8) is 0 Å². The van der Waals surface area contributed by atoms with Crippen LogP contribution in [0.15, 0.2) is 73.1 Å². The molecule has 1 aliphatic rings. The summed E-state index contributed by atoms with van der Waals surface area (Å²) in [7, 11) is 2.06. The van der Waals surface area contributed by atoms with Crippen molar-refractivity contribution in [1.29, 1.82) is 0 Å². The summed E-state index contributed by atoms with van der Waals surface area (Å²) in [4.78, 5) is 23.6. The molecule has 0 fully saturated rings. The second kappa shape index (κ2) is 7.48. The van der Waals surface area contributed by atoms with Crippen molar-refractivity contribution >= 4 is 28.2 Å². The number of aromatic nitrogens is 2. The lowest BCUT2D eigenvalue weighted by Crippen LogP contribution is -2.28. The molecule has 1 N–H and O–H groups in total. The Morgan fingerprint density at radius 1 is 1.10 bits per heavy atom. The standard InChI is InChI=1S/C24H20N4O2/c1-28-12-13-30-22-14-17(8-10-21(22)28)19-6-2-4-16-7-9-20(27-23(16)19)24(29)26-18-5-3-11-25-15-18/h2-11,14-15H,12-13H2,1H3,(H,26,29). The highest BCUT2D eigenvalue weighted by atomic mass is 16.5. The van der Waals surface area contributed by atoms with Gasteiger partial charge in [0.05, 0.1) is 29.6 Å². The SMILES string of the molecule is CN1CCOc2cc(-c3cccc4ccc(C(=O)Nc5cccnc5)nc34)ccc21. The van der Waals surface area contributed by atoms with Crippen LogP contribution >= 0.6 is 0 Å². The van der Waals surface area contributed by atoms with Crippen LogP contribution in [0.2, 0.25) is 0 Å². The van der Waals surface area contributed by atoms with Gasteiger partial charge in [0, 0.05) is 24.2 Å². The first-order chi connectivity index (χ1) is 14.7. The molecule has 0 aliphatic carbocycles. The normalized spacial score (nSPS) is 12.9. The number of pyridine rings is 2. The third-order valence-corrected chi connectivity index (χ3v) is 5.24. The average molecular weight is 396 g/mol. The second-order valence-electron chi connectivity index (χ2n) is 7.22. The first-order valence-corrected chi connectivity index (χ1v) is 9.78. The lowest BCUT2D eigenvalue weighted by atomic mass is 10.0. The lowest BCUT2D eigenvalue weighted by Gasteiger charge is -2.28. The van der Waals surface area contributed by atoms with Gasteiger partial charge in [-0.05, 0) is 35.9 Å². The van der Waals surface area contributed by atoms with Crippen molar-refractivity contribution in [1.82, 2.24) is 9.97 Å². The van der Waals surface area contributed by atoms with Gasteiger partial charge in [0.15, 0.2) is 0 Å². The van der Waals surface area contributed by atoms with Gasteiger partial charge >= 0.3 is 0 Å². The second-order valence-corrected chi connectivity index (χ2v) is 7.22. The van der Waals surface area contributed by atoms with Crippen LogP contribution in [0.1, 0.15) is 10.5 Å². The molecule has 4 aromatic rings. The fourth-order valence-corrected chi connectivity index (χ4v) is 3.66. The lowest BCUT2D eigenvalue weighted by molar-refractivity contribution is 0.102. The van der Waals surface area contributed by atoms with Crippen LogP contribution in [0.3, 0.4) is 0 Å². The highest BCUT2D eigenvalue weighted by Crippen LogP contribution is 2.36. The van der Waals surface area contributed by atoms with Crippen molar-refractivity contribution in [3.8, 4) is 16.9 Å². The van der Waals surface area contributed by atoms with E-state index in [0.717, 1.165) is 40.0 Å². The van der Waals surface area contributed by atoms with Crippen molar-refractivity contribution in [2.75, 3.05) is 30.4 Å². The van der Waals surface area contributed by atoms with Crippen molar-refractivity contribution < 1.29 is 9.53 Å². The number of carbonyl (C=O) groups excluding carboxylic acids is 1. The Hall–Kier alpha value is -3.93. The van der Waals surface area contributed by atoms with Crippen LogP contribution in [-0.4, -0.2) is 36.1 Å². The Balaban J connectivity index is 1.55. The van der Waals surface area contributed by atoms with Crippen molar-refractivity contribution in [3.05, 3.63) is 78.8 Å². The average Bonchev–Trinajstić information content (AvgIpc) is 2.79. The number of rotatable bonds is 3. The Kier molecular flexibility index (Phi) is 4.52. The molecule has 0 saturated carbocycles. The molecule has 0 unspecified atom stereocenters. The first kappa shape index (κ1) is 18.1. The third kappa shape index (κ3) is 3.33. The predicted molar refractivity (Wildman–Crippen MR) is 118 cm³/mol. The van der Waals surface area contributed by atoms with Gasteiger partial charge in [-0.1, -0.05) is 30.3 Å². The van der Waals surface area contributed by atoms with Gasteiger partial charge in [-0.25, -0.2) is 4.98 Å². The fourth-order valence-electron chi connectivity index (χ4n) is 3.66. The Morgan fingerprint density at radius 3 is 2.90 bits per heavy atom. The number of anilines is 2. The van der Waals surface area contributed by atoms with E-state index in [1.165, 1.54) is 0 Å². The molecule has 3 heterocycles. The molecule has 5 rings (SSSR count). The van der Waals surface area contributed by atoms with E-state index < -0.39 is 0 Å². The smallest absolute Gasteiger partial charge is 0.274 e. The summed E-state index contributed by atoms with van der Waals surface area (Å²) in [5, 5.41) is 3.81. The van der Waals surface area contributed by atoms with Crippen LogP contribution in [0.4, 0.5) is 11.4 Å². The molecule has 6 nitrogen and oxygen atoms in total. The summed E-state index contributed by atoms with van der Waals surface area (Å²) in [5.41, 5.74) is 4.81. The quantitative estimate of drug-likeness (QED) is 0.557. The van der Waals surface area contributed by atoms with E-state index in [1.807, 2.05) is 30.3 Å². The molecular formula is C24H20N4O2. The van der Waals surface area contributed by atoms with E-state index in [-0.39, 0.29) is 5.91 Å². The van der Waals surface area contributed by atoms with Gasteiger partial charge in [-0.2, -0.15) is 0 Å². The number of carbonyl (C=O) groups is 1. The van der Waals surface area contributed by atoms with Gasteiger partial charge in [0.25, 0.3) is 5.91 Å². The van der Waals surface area contributed by atoms with E-state index in [1.54, 1.807) is 30.6 Å². The minimum atomic E-state index is -0.268. The molecule has 2 aromatic heterocycles. The number of fused-ring (bicyclic) bond motifs is 2. The highest BCUT2D eigenvalue weighted by Gasteiger charge is 2.17. The maximum Gasteiger partial charge on any atom is 0.274 e.